The number of hydrogen-bond acceptors (Lipinski definition) is 5. The molecule has 1 saturated heterocycles. The minimum atomic E-state index is -0.504. The first-order valence-corrected chi connectivity index (χ1v) is 11.6. The molecule has 1 heterocycles. The number of ether oxygens (including phenoxy) is 2. The molecule has 0 saturated carbocycles. The summed E-state index contributed by atoms with van der Waals surface area (Å²) in [5.41, 5.74) is 1.98. The van der Waals surface area contributed by atoms with E-state index in [1.807, 2.05) is 70.2 Å². The SMILES string of the molecule is C[C@H]1CN(Cc2cc(Br)cc(C(=O)OCc3ccccc3)c2)CCN1C(=O)OC(C)(C)C. The zero-order valence-corrected chi connectivity index (χ0v) is 20.7. The summed E-state index contributed by atoms with van der Waals surface area (Å²) in [5.74, 6) is -0.348. The Hall–Kier alpha value is -2.38. The van der Waals surface area contributed by atoms with Crippen LogP contribution in [0.2, 0.25) is 0 Å². The zero-order valence-electron chi connectivity index (χ0n) is 19.1. The molecule has 3 rings (SSSR count). The summed E-state index contributed by atoms with van der Waals surface area (Å²) in [6.07, 6.45) is -0.268. The highest BCUT2D eigenvalue weighted by atomic mass is 79.9. The molecule has 1 aliphatic heterocycles. The van der Waals surface area contributed by atoms with Crippen LogP contribution >= 0.6 is 15.9 Å². The number of carbonyl (C=O) groups is 2. The van der Waals surface area contributed by atoms with E-state index in [4.69, 9.17) is 9.47 Å². The summed E-state index contributed by atoms with van der Waals surface area (Å²) in [6, 6.07) is 15.3. The highest BCUT2D eigenvalue weighted by Crippen LogP contribution is 2.21. The van der Waals surface area contributed by atoms with Crippen LogP contribution in [0.15, 0.2) is 53.0 Å². The van der Waals surface area contributed by atoms with Gasteiger partial charge in [0.05, 0.1) is 5.56 Å². The zero-order chi connectivity index (χ0) is 23.3. The molecule has 1 amide bonds. The van der Waals surface area contributed by atoms with Crippen molar-refractivity contribution in [1.82, 2.24) is 9.80 Å². The smallest absolute Gasteiger partial charge is 0.410 e. The molecule has 1 aliphatic rings. The van der Waals surface area contributed by atoms with Crippen molar-refractivity contribution in [2.45, 2.75) is 52.5 Å². The van der Waals surface area contributed by atoms with Crippen LogP contribution in [0.4, 0.5) is 4.79 Å². The van der Waals surface area contributed by atoms with Gasteiger partial charge in [-0.05, 0) is 57.0 Å². The Labute approximate surface area is 198 Å². The van der Waals surface area contributed by atoms with Gasteiger partial charge in [0.25, 0.3) is 0 Å². The standard InChI is InChI=1S/C25H31BrN2O4/c1-18-15-27(10-11-28(18)24(30)32-25(2,3)4)16-20-12-21(14-22(26)13-20)23(29)31-17-19-8-6-5-7-9-19/h5-9,12-14,18H,10-11,15-17H2,1-4H3/t18-/m0/s1. The average molecular weight is 503 g/mol. The number of carbonyl (C=O) groups excluding carboxylic acids is 2. The van der Waals surface area contributed by atoms with Crippen molar-refractivity contribution in [3.05, 3.63) is 69.7 Å². The van der Waals surface area contributed by atoms with Gasteiger partial charge in [-0.2, -0.15) is 0 Å². The van der Waals surface area contributed by atoms with Crippen LogP contribution in [0.1, 0.15) is 49.2 Å². The number of benzene rings is 2. The number of piperazine rings is 1. The molecule has 2 aromatic rings. The molecule has 2 aromatic carbocycles. The summed E-state index contributed by atoms with van der Waals surface area (Å²) >= 11 is 3.51. The summed E-state index contributed by atoms with van der Waals surface area (Å²) in [4.78, 5) is 29.1. The van der Waals surface area contributed by atoms with Gasteiger partial charge in [-0.1, -0.05) is 46.3 Å². The number of halogens is 1. The van der Waals surface area contributed by atoms with Crippen molar-refractivity contribution in [2.75, 3.05) is 19.6 Å². The second-order valence-electron chi connectivity index (χ2n) is 9.17. The molecule has 0 radical (unpaired) electrons. The monoisotopic (exact) mass is 502 g/mol. The lowest BCUT2D eigenvalue weighted by Gasteiger charge is -2.40. The van der Waals surface area contributed by atoms with Crippen LogP contribution in [0, 0.1) is 0 Å². The molecule has 0 unspecified atom stereocenters. The van der Waals surface area contributed by atoms with Crippen LogP contribution in [0.25, 0.3) is 0 Å². The lowest BCUT2D eigenvalue weighted by atomic mass is 10.1. The number of rotatable bonds is 5. The Balaban J connectivity index is 1.59. The first-order chi connectivity index (χ1) is 15.1. The third kappa shape index (κ3) is 7.07. The fraction of sp³-hybridized carbons (Fsp3) is 0.440. The normalized spacial score (nSPS) is 17.2. The van der Waals surface area contributed by atoms with Crippen LogP contribution in [-0.4, -0.2) is 53.1 Å². The van der Waals surface area contributed by atoms with Crippen molar-refractivity contribution in [3.63, 3.8) is 0 Å². The summed E-state index contributed by atoms with van der Waals surface area (Å²) in [7, 11) is 0. The van der Waals surface area contributed by atoms with E-state index in [0.29, 0.717) is 18.7 Å². The van der Waals surface area contributed by atoms with E-state index in [2.05, 4.69) is 20.8 Å². The molecule has 0 spiro atoms. The van der Waals surface area contributed by atoms with Gasteiger partial charge in [0, 0.05) is 36.7 Å². The largest absolute Gasteiger partial charge is 0.457 e. The topological polar surface area (TPSA) is 59.1 Å². The van der Waals surface area contributed by atoms with Crippen molar-refractivity contribution >= 4 is 28.0 Å². The Morgan fingerprint density at radius 1 is 1.06 bits per heavy atom. The molecular formula is C25H31BrN2O4. The molecule has 6 nitrogen and oxygen atoms in total. The maximum absolute atomic E-state index is 12.6. The van der Waals surface area contributed by atoms with Gasteiger partial charge in [-0.3, -0.25) is 4.90 Å². The average Bonchev–Trinajstić information content (AvgIpc) is 2.71. The molecule has 0 aromatic heterocycles. The van der Waals surface area contributed by atoms with Crippen LogP contribution in [0.3, 0.4) is 0 Å². The minimum Gasteiger partial charge on any atom is -0.457 e. The molecular weight excluding hydrogens is 472 g/mol. The van der Waals surface area contributed by atoms with Gasteiger partial charge in [-0.25, -0.2) is 9.59 Å². The van der Waals surface area contributed by atoms with E-state index < -0.39 is 5.60 Å². The fourth-order valence-corrected chi connectivity index (χ4v) is 4.23. The van der Waals surface area contributed by atoms with E-state index >= 15 is 0 Å². The minimum absolute atomic E-state index is 0.0426. The summed E-state index contributed by atoms with van der Waals surface area (Å²) in [5, 5.41) is 0. The predicted octanol–water partition coefficient (Wildman–Crippen LogP) is 5.25. The van der Waals surface area contributed by atoms with Gasteiger partial charge in [0.1, 0.15) is 12.2 Å². The van der Waals surface area contributed by atoms with Gasteiger partial charge >= 0.3 is 12.1 Å². The fourth-order valence-electron chi connectivity index (χ4n) is 3.69. The molecule has 1 atom stereocenters. The van der Waals surface area contributed by atoms with E-state index in [1.165, 1.54) is 0 Å². The van der Waals surface area contributed by atoms with E-state index in [-0.39, 0.29) is 24.7 Å². The first-order valence-electron chi connectivity index (χ1n) is 10.8. The lowest BCUT2D eigenvalue weighted by Crippen LogP contribution is -2.54. The number of amides is 1. The lowest BCUT2D eigenvalue weighted by molar-refractivity contribution is 0.000519. The third-order valence-electron chi connectivity index (χ3n) is 5.15. The van der Waals surface area contributed by atoms with Crippen molar-refractivity contribution < 1.29 is 19.1 Å². The van der Waals surface area contributed by atoms with Gasteiger partial charge in [0.2, 0.25) is 0 Å². The Kier molecular flexibility index (Phi) is 7.96. The molecule has 0 N–H and O–H groups in total. The Morgan fingerprint density at radius 2 is 1.78 bits per heavy atom. The molecule has 0 aliphatic carbocycles. The molecule has 7 heteroatoms. The quantitative estimate of drug-likeness (QED) is 0.522. The second-order valence-corrected chi connectivity index (χ2v) is 10.1. The maximum Gasteiger partial charge on any atom is 0.410 e. The van der Waals surface area contributed by atoms with Crippen molar-refractivity contribution in [2.24, 2.45) is 0 Å². The first kappa shape index (κ1) is 24.3. The van der Waals surface area contributed by atoms with Gasteiger partial charge in [-0.15, -0.1) is 0 Å². The molecule has 32 heavy (non-hydrogen) atoms. The van der Waals surface area contributed by atoms with Crippen molar-refractivity contribution in [1.29, 1.82) is 0 Å². The molecule has 0 bridgehead atoms. The number of esters is 1. The highest BCUT2D eigenvalue weighted by Gasteiger charge is 2.30. The molecule has 172 valence electrons. The van der Waals surface area contributed by atoms with E-state index in [9.17, 15) is 9.59 Å². The number of hydrogen-bond donors (Lipinski definition) is 0. The number of nitrogens with zero attached hydrogens (tertiary/aromatic N) is 2. The van der Waals surface area contributed by atoms with Crippen molar-refractivity contribution in [3.8, 4) is 0 Å². The van der Waals surface area contributed by atoms with Crippen LogP contribution in [0.5, 0.6) is 0 Å². The van der Waals surface area contributed by atoms with E-state index in [0.717, 1.165) is 28.7 Å². The highest BCUT2D eigenvalue weighted by molar-refractivity contribution is 9.10. The Morgan fingerprint density at radius 3 is 2.44 bits per heavy atom. The second kappa shape index (κ2) is 10.5. The van der Waals surface area contributed by atoms with E-state index in [1.54, 1.807) is 11.0 Å². The van der Waals surface area contributed by atoms with Gasteiger partial charge < -0.3 is 14.4 Å². The maximum atomic E-state index is 12.6. The summed E-state index contributed by atoms with van der Waals surface area (Å²) < 4.78 is 11.8. The third-order valence-corrected chi connectivity index (χ3v) is 5.61. The Bertz CT molecular complexity index is 943. The summed E-state index contributed by atoms with van der Waals surface area (Å²) in [6.45, 7) is 10.7. The molecule has 1 fully saturated rings. The predicted molar refractivity (Wildman–Crippen MR) is 127 cm³/mol. The van der Waals surface area contributed by atoms with Crippen LogP contribution < -0.4 is 0 Å². The van der Waals surface area contributed by atoms with Gasteiger partial charge in [0.15, 0.2) is 0 Å². The van der Waals surface area contributed by atoms with Crippen LogP contribution in [-0.2, 0) is 22.6 Å².